The summed E-state index contributed by atoms with van der Waals surface area (Å²) in [6.45, 7) is 3.63. The maximum absolute atomic E-state index is 4.75. The van der Waals surface area contributed by atoms with Gasteiger partial charge in [0.1, 0.15) is 5.82 Å². The molecule has 0 spiro atoms. The van der Waals surface area contributed by atoms with Crippen LogP contribution in [-0.2, 0) is 6.54 Å². The first kappa shape index (κ1) is 20.0. The van der Waals surface area contributed by atoms with E-state index >= 15 is 0 Å². The van der Waals surface area contributed by atoms with Crippen molar-refractivity contribution in [3.8, 4) is 0 Å². The van der Waals surface area contributed by atoms with Gasteiger partial charge in [0.25, 0.3) is 0 Å². The number of aliphatic imine (C=N–C) groups is 1. The molecule has 0 bridgehead atoms. The van der Waals surface area contributed by atoms with Gasteiger partial charge in [0.15, 0.2) is 5.96 Å². The Labute approximate surface area is 157 Å². The van der Waals surface area contributed by atoms with Crippen LogP contribution in [0.4, 0.5) is 5.82 Å². The Bertz CT molecular complexity index is 484. The fraction of sp³-hybridized carbons (Fsp3) is 0.647. The third-order valence-electron chi connectivity index (χ3n) is 3.99. The van der Waals surface area contributed by atoms with E-state index in [1.807, 2.05) is 31.3 Å². The number of anilines is 1. The number of guanidine groups is 1. The highest BCUT2D eigenvalue weighted by molar-refractivity contribution is 14.0. The number of hydrogen-bond acceptors (Lipinski definition) is 3. The molecule has 0 saturated heterocycles. The summed E-state index contributed by atoms with van der Waals surface area (Å²) in [6, 6.07) is 4.63. The minimum absolute atomic E-state index is 0. The number of rotatable bonds is 5. The molecule has 0 aromatic carbocycles. The van der Waals surface area contributed by atoms with Gasteiger partial charge in [-0.3, -0.25) is 0 Å². The topological polar surface area (TPSA) is 52.6 Å². The maximum atomic E-state index is 4.75. The molecule has 130 valence electrons. The zero-order valence-electron chi connectivity index (χ0n) is 14.5. The number of halogens is 1. The molecule has 1 aliphatic carbocycles. The standard InChI is InChI=1S/C17H29N5.HI/c1-4-18-17(21-15-10-6-5-7-11-15)20-13-14-9-8-12-19-16(14)22(2)3;/h8-9,12,15H,4-7,10-11,13H2,1-3H3,(H2,18,20,21);1H. The Morgan fingerprint density at radius 3 is 2.70 bits per heavy atom. The summed E-state index contributed by atoms with van der Waals surface area (Å²) in [7, 11) is 4.03. The number of aromatic nitrogens is 1. The van der Waals surface area contributed by atoms with Crippen LogP contribution in [0.3, 0.4) is 0 Å². The first-order valence-electron chi connectivity index (χ1n) is 8.36. The normalized spacial score (nSPS) is 15.7. The molecule has 1 aromatic heterocycles. The van der Waals surface area contributed by atoms with Crippen molar-refractivity contribution in [1.82, 2.24) is 15.6 Å². The highest BCUT2D eigenvalue weighted by Gasteiger charge is 2.14. The molecule has 2 rings (SSSR count). The zero-order chi connectivity index (χ0) is 15.8. The molecule has 1 aromatic rings. The van der Waals surface area contributed by atoms with Gasteiger partial charge in [-0.1, -0.05) is 25.3 Å². The third kappa shape index (κ3) is 6.53. The third-order valence-corrected chi connectivity index (χ3v) is 3.99. The van der Waals surface area contributed by atoms with Crippen LogP contribution in [-0.4, -0.2) is 37.6 Å². The minimum Gasteiger partial charge on any atom is -0.362 e. The van der Waals surface area contributed by atoms with Crippen molar-refractivity contribution in [1.29, 1.82) is 0 Å². The van der Waals surface area contributed by atoms with E-state index in [0.717, 1.165) is 23.9 Å². The van der Waals surface area contributed by atoms with Crippen molar-refractivity contribution in [2.45, 2.75) is 51.6 Å². The fourth-order valence-electron chi connectivity index (χ4n) is 2.88. The van der Waals surface area contributed by atoms with Crippen molar-refractivity contribution < 1.29 is 0 Å². The van der Waals surface area contributed by atoms with Gasteiger partial charge < -0.3 is 15.5 Å². The Hall–Kier alpha value is -1.05. The average Bonchev–Trinajstić information content (AvgIpc) is 2.54. The maximum Gasteiger partial charge on any atom is 0.191 e. The number of nitrogens with zero attached hydrogens (tertiary/aromatic N) is 3. The van der Waals surface area contributed by atoms with Gasteiger partial charge in [0.05, 0.1) is 6.54 Å². The summed E-state index contributed by atoms with van der Waals surface area (Å²) < 4.78 is 0. The Balaban J connectivity index is 0.00000264. The lowest BCUT2D eigenvalue weighted by molar-refractivity contribution is 0.410. The minimum atomic E-state index is 0. The smallest absolute Gasteiger partial charge is 0.191 e. The van der Waals surface area contributed by atoms with Crippen LogP contribution in [0.15, 0.2) is 23.3 Å². The van der Waals surface area contributed by atoms with Crippen LogP contribution >= 0.6 is 24.0 Å². The van der Waals surface area contributed by atoms with Crippen molar-refractivity contribution in [3.63, 3.8) is 0 Å². The predicted octanol–water partition coefficient (Wildman–Crippen LogP) is 3.15. The highest BCUT2D eigenvalue weighted by atomic mass is 127. The molecule has 2 N–H and O–H groups in total. The van der Waals surface area contributed by atoms with Crippen molar-refractivity contribution in [3.05, 3.63) is 23.9 Å². The molecular weight excluding hydrogens is 401 g/mol. The van der Waals surface area contributed by atoms with E-state index in [-0.39, 0.29) is 24.0 Å². The van der Waals surface area contributed by atoms with E-state index in [4.69, 9.17) is 4.99 Å². The molecule has 0 amide bonds. The molecule has 6 heteroatoms. The average molecular weight is 431 g/mol. The number of pyridine rings is 1. The number of hydrogen-bond donors (Lipinski definition) is 2. The SMILES string of the molecule is CCNC(=NCc1cccnc1N(C)C)NC1CCCCC1.I. The van der Waals surface area contributed by atoms with Gasteiger partial charge in [0, 0.05) is 38.4 Å². The van der Waals surface area contributed by atoms with Gasteiger partial charge in [-0.2, -0.15) is 0 Å². The van der Waals surface area contributed by atoms with Crippen LogP contribution in [0.25, 0.3) is 0 Å². The molecule has 0 aliphatic heterocycles. The first-order valence-corrected chi connectivity index (χ1v) is 8.36. The van der Waals surface area contributed by atoms with E-state index < -0.39 is 0 Å². The van der Waals surface area contributed by atoms with E-state index in [0.29, 0.717) is 12.6 Å². The van der Waals surface area contributed by atoms with E-state index in [9.17, 15) is 0 Å². The van der Waals surface area contributed by atoms with E-state index in [1.165, 1.54) is 32.1 Å². The molecule has 1 saturated carbocycles. The monoisotopic (exact) mass is 431 g/mol. The number of nitrogens with one attached hydrogen (secondary N) is 2. The van der Waals surface area contributed by atoms with E-state index in [1.54, 1.807) is 0 Å². The van der Waals surface area contributed by atoms with Gasteiger partial charge in [-0.15, -0.1) is 24.0 Å². The lowest BCUT2D eigenvalue weighted by Crippen LogP contribution is -2.44. The summed E-state index contributed by atoms with van der Waals surface area (Å²) in [6.07, 6.45) is 8.34. The zero-order valence-corrected chi connectivity index (χ0v) is 16.8. The van der Waals surface area contributed by atoms with Crippen LogP contribution in [0.5, 0.6) is 0 Å². The largest absolute Gasteiger partial charge is 0.362 e. The van der Waals surface area contributed by atoms with Gasteiger partial charge in [-0.25, -0.2) is 9.98 Å². The molecule has 0 radical (unpaired) electrons. The van der Waals surface area contributed by atoms with E-state index in [2.05, 4.69) is 28.6 Å². The van der Waals surface area contributed by atoms with Crippen LogP contribution in [0, 0.1) is 0 Å². The summed E-state index contributed by atoms with van der Waals surface area (Å²) in [5, 5.41) is 6.93. The second-order valence-electron chi connectivity index (χ2n) is 6.05. The Morgan fingerprint density at radius 2 is 2.04 bits per heavy atom. The molecule has 1 fully saturated rings. The predicted molar refractivity (Wildman–Crippen MR) is 109 cm³/mol. The Kier molecular flexibility index (Phi) is 9.28. The fourth-order valence-corrected chi connectivity index (χ4v) is 2.88. The van der Waals surface area contributed by atoms with Crippen LogP contribution < -0.4 is 15.5 Å². The molecule has 0 unspecified atom stereocenters. The quantitative estimate of drug-likeness (QED) is 0.427. The Morgan fingerprint density at radius 1 is 1.30 bits per heavy atom. The molecule has 23 heavy (non-hydrogen) atoms. The van der Waals surface area contributed by atoms with Gasteiger partial charge >= 0.3 is 0 Å². The molecule has 1 aliphatic rings. The van der Waals surface area contributed by atoms with Crippen LogP contribution in [0.2, 0.25) is 0 Å². The highest BCUT2D eigenvalue weighted by Crippen LogP contribution is 2.18. The molecule has 5 nitrogen and oxygen atoms in total. The molecular formula is C17H30IN5. The second-order valence-corrected chi connectivity index (χ2v) is 6.05. The summed E-state index contributed by atoms with van der Waals surface area (Å²) in [5.41, 5.74) is 1.15. The summed E-state index contributed by atoms with van der Waals surface area (Å²) >= 11 is 0. The van der Waals surface area contributed by atoms with Crippen molar-refractivity contribution in [2.75, 3.05) is 25.5 Å². The lowest BCUT2D eigenvalue weighted by Gasteiger charge is -2.25. The van der Waals surface area contributed by atoms with Gasteiger partial charge in [0.2, 0.25) is 0 Å². The van der Waals surface area contributed by atoms with Crippen molar-refractivity contribution in [2.24, 2.45) is 4.99 Å². The summed E-state index contributed by atoms with van der Waals surface area (Å²) in [5.74, 6) is 1.91. The molecule has 1 heterocycles. The van der Waals surface area contributed by atoms with Gasteiger partial charge in [-0.05, 0) is 25.8 Å². The van der Waals surface area contributed by atoms with Crippen molar-refractivity contribution >= 4 is 35.8 Å². The molecule has 0 atom stereocenters. The summed E-state index contributed by atoms with van der Waals surface area (Å²) in [4.78, 5) is 11.2. The first-order chi connectivity index (χ1) is 10.7. The second kappa shape index (κ2) is 10.7. The lowest BCUT2D eigenvalue weighted by atomic mass is 9.96. The van der Waals surface area contributed by atoms with Crippen LogP contribution in [0.1, 0.15) is 44.6 Å².